The number of ether oxygens (including phenoxy) is 1. The second kappa shape index (κ2) is 4.18. The van der Waals surface area contributed by atoms with E-state index in [0.717, 1.165) is 0 Å². The fraction of sp³-hybridized carbons (Fsp3) is 0.700. The van der Waals surface area contributed by atoms with Crippen LogP contribution in [0.1, 0.15) is 27.7 Å². The van der Waals surface area contributed by atoms with Crippen LogP contribution >= 0.6 is 0 Å². The molecule has 3 nitrogen and oxygen atoms in total. The summed E-state index contributed by atoms with van der Waals surface area (Å²) in [6.07, 6.45) is 4.78. The van der Waals surface area contributed by atoms with Crippen molar-refractivity contribution in [2.24, 2.45) is 0 Å². The summed E-state index contributed by atoms with van der Waals surface area (Å²) in [5.74, 6) is 2.46. The molecule has 0 bridgehead atoms. The maximum Gasteiger partial charge on any atom is 0.411 e. The lowest BCUT2D eigenvalue weighted by molar-refractivity contribution is 0.0272. The van der Waals surface area contributed by atoms with Crippen LogP contribution in [0.3, 0.4) is 0 Å². The van der Waals surface area contributed by atoms with Crippen LogP contribution < -0.4 is 0 Å². The van der Waals surface area contributed by atoms with E-state index in [-0.39, 0.29) is 6.04 Å². The van der Waals surface area contributed by atoms with Gasteiger partial charge in [0.15, 0.2) is 0 Å². The minimum absolute atomic E-state index is 0.241. The molecule has 3 heteroatoms. The third kappa shape index (κ3) is 4.41. The van der Waals surface area contributed by atoms with Crippen molar-refractivity contribution in [3.05, 3.63) is 0 Å². The average Bonchev–Trinajstić information content (AvgIpc) is 1.98. The van der Waals surface area contributed by atoms with E-state index in [1.54, 1.807) is 14.0 Å². The molecule has 0 fully saturated rings. The Morgan fingerprint density at radius 2 is 2.00 bits per heavy atom. The maximum atomic E-state index is 11.4. The van der Waals surface area contributed by atoms with Crippen LogP contribution in [-0.2, 0) is 4.74 Å². The predicted molar refractivity (Wildman–Crippen MR) is 52.3 cm³/mol. The molecule has 1 unspecified atom stereocenters. The lowest BCUT2D eigenvalue weighted by Gasteiger charge is -2.26. The Morgan fingerprint density at radius 1 is 1.54 bits per heavy atom. The number of carbonyl (C=O) groups is 1. The highest BCUT2D eigenvalue weighted by Crippen LogP contribution is 2.10. The van der Waals surface area contributed by atoms with E-state index in [1.165, 1.54) is 4.90 Å². The standard InChI is InChI=1S/C10H17NO2/c1-7-8(2)11(6)9(12)13-10(3,4)5/h1,8H,2-6H3. The second-order valence-electron chi connectivity index (χ2n) is 3.93. The van der Waals surface area contributed by atoms with Gasteiger partial charge in [-0.25, -0.2) is 4.79 Å². The van der Waals surface area contributed by atoms with Crippen molar-refractivity contribution in [2.45, 2.75) is 39.3 Å². The average molecular weight is 183 g/mol. The van der Waals surface area contributed by atoms with E-state index >= 15 is 0 Å². The van der Waals surface area contributed by atoms with Crippen LogP contribution in [0, 0.1) is 12.3 Å². The molecule has 0 aromatic rings. The lowest BCUT2D eigenvalue weighted by Crippen LogP contribution is -2.38. The molecule has 0 aliphatic rings. The maximum absolute atomic E-state index is 11.4. The molecule has 0 aliphatic heterocycles. The van der Waals surface area contributed by atoms with Gasteiger partial charge in [-0.15, -0.1) is 6.42 Å². The van der Waals surface area contributed by atoms with Crippen LogP contribution in [0.4, 0.5) is 4.79 Å². The Balaban J connectivity index is 4.22. The highest BCUT2D eigenvalue weighted by Gasteiger charge is 2.21. The highest BCUT2D eigenvalue weighted by molar-refractivity contribution is 5.68. The van der Waals surface area contributed by atoms with Crippen LogP contribution in [-0.4, -0.2) is 29.7 Å². The molecular weight excluding hydrogens is 166 g/mol. The zero-order chi connectivity index (χ0) is 10.6. The van der Waals surface area contributed by atoms with Crippen molar-refractivity contribution >= 4 is 6.09 Å². The van der Waals surface area contributed by atoms with Gasteiger partial charge in [-0.1, -0.05) is 5.92 Å². The number of terminal acetylenes is 1. The topological polar surface area (TPSA) is 29.5 Å². The van der Waals surface area contributed by atoms with Gasteiger partial charge in [0, 0.05) is 7.05 Å². The molecule has 0 heterocycles. The van der Waals surface area contributed by atoms with Crippen molar-refractivity contribution in [3.63, 3.8) is 0 Å². The Bertz CT molecular complexity index is 222. The first kappa shape index (κ1) is 11.8. The fourth-order valence-corrected chi connectivity index (χ4v) is 0.604. The molecule has 0 saturated carbocycles. The van der Waals surface area contributed by atoms with Gasteiger partial charge < -0.3 is 4.74 Å². The minimum Gasteiger partial charge on any atom is -0.444 e. The van der Waals surface area contributed by atoms with Gasteiger partial charge in [0.2, 0.25) is 0 Å². The van der Waals surface area contributed by atoms with E-state index in [9.17, 15) is 4.79 Å². The largest absolute Gasteiger partial charge is 0.444 e. The SMILES string of the molecule is C#CC(C)N(C)C(=O)OC(C)(C)C. The molecule has 74 valence electrons. The third-order valence-corrected chi connectivity index (χ3v) is 1.50. The molecule has 0 rings (SSSR count). The highest BCUT2D eigenvalue weighted by atomic mass is 16.6. The summed E-state index contributed by atoms with van der Waals surface area (Å²) in [5, 5.41) is 0. The van der Waals surface area contributed by atoms with Crippen molar-refractivity contribution in [1.29, 1.82) is 0 Å². The zero-order valence-corrected chi connectivity index (χ0v) is 8.92. The summed E-state index contributed by atoms with van der Waals surface area (Å²) in [7, 11) is 1.62. The van der Waals surface area contributed by atoms with Gasteiger partial charge in [0.1, 0.15) is 5.60 Å². The van der Waals surface area contributed by atoms with Crippen molar-refractivity contribution in [1.82, 2.24) is 4.90 Å². The first-order chi connectivity index (χ1) is 5.78. The molecule has 0 spiro atoms. The molecule has 0 aliphatic carbocycles. The quantitative estimate of drug-likeness (QED) is 0.581. The minimum atomic E-state index is -0.473. The molecule has 0 aromatic carbocycles. The van der Waals surface area contributed by atoms with Crippen molar-refractivity contribution < 1.29 is 9.53 Å². The number of nitrogens with zero attached hydrogens (tertiary/aromatic N) is 1. The van der Waals surface area contributed by atoms with Crippen LogP contribution in [0.15, 0.2) is 0 Å². The van der Waals surface area contributed by atoms with E-state index < -0.39 is 11.7 Å². The Kier molecular flexibility index (Phi) is 3.80. The monoisotopic (exact) mass is 183 g/mol. The van der Waals surface area contributed by atoms with E-state index in [1.807, 2.05) is 20.8 Å². The summed E-state index contributed by atoms with van der Waals surface area (Å²) < 4.78 is 5.11. The molecule has 0 saturated heterocycles. The smallest absolute Gasteiger partial charge is 0.411 e. The normalized spacial score (nSPS) is 12.9. The zero-order valence-electron chi connectivity index (χ0n) is 8.92. The fourth-order valence-electron chi connectivity index (χ4n) is 0.604. The summed E-state index contributed by atoms with van der Waals surface area (Å²) in [6, 6.07) is -0.241. The molecule has 0 aromatic heterocycles. The van der Waals surface area contributed by atoms with E-state index in [2.05, 4.69) is 5.92 Å². The Hall–Kier alpha value is -1.17. The number of carbonyl (C=O) groups excluding carboxylic acids is 1. The summed E-state index contributed by atoms with van der Waals surface area (Å²) >= 11 is 0. The molecule has 1 atom stereocenters. The predicted octanol–water partition coefficient (Wildman–Crippen LogP) is 1.88. The number of rotatable bonds is 1. The van der Waals surface area contributed by atoms with Gasteiger partial charge in [0.05, 0.1) is 6.04 Å². The number of hydrogen-bond acceptors (Lipinski definition) is 2. The van der Waals surface area contributed by atoms with Crippen LogP contribution in [0.25, 0.3) is 0 Å². The van der Waals surface area contributed by atoms with E-state index in [4.69, 9.17) is 11.2 Å². The Morgan fingerprint density at radius 3 is 2.31 bits per heavy atom. The van der Waals surface area contributed by atoms with Gasteiger partial charge in [0.25, 0.3) is 0 Å². The first-order valence-corrected chi connectivity index (χ1v) is 4.20. The van der Waals surface area contributed by atoms with Crippen molar-refractivity contribution in [2.75, 3.05) is 7.05 Å². The van der Waals surface area contributed by atoms with Gasteiger partial charge in [-0.2, -0.15) is 0 Å². The van der Waals surface area contributed by atoms with Crippen molar-refractivity contribution in [3.8, 4) is 12.3 Å². The van der Waals surface area contributed by atoms with Crippen LogP contribution in [0.5, 0.6) is 0 Å². The number of hydrogen-bond donors (Lipinski definition) is 0. The molecule has 13 heavy (non-hydrogen) atoms. The summed E-state index contributed by atoms with van der Waals surface area (Å²) in [4.78, 5) is 12.8. The first-order valence-electron chi connectivity index (χ1n) is 4.20. The molecular formula is C10H17NO2. The molecule has 0 radical (unpaired) electrons. The lowest BCUT2D eigenvalue weighted by atomic mass is 10.2. The second-order valence-corrected chi connectivity index (χ2v) is 3.93. The van der Waals surface area contributed by atoms with Crippen LogP contribution in [0.2, 0.25) is 0 Å². The van der Waals surface area contributed by atoms with E-state index in [0.29, 0.717) is 0 Å². The van der Waals surface area contributed by atoms with Gasteiger partial charge in [-0.3, -0.25) is 4.90 Å². The van der Waals surface area contributed by atoms with Gasteiger partial charge >= 0.3 is 6.09 Å². The Labute approximate surface area is 80.1 Å². The molecule has 1 amide bonds. The summed E-state index contributed by atoms with van der Waals surface area (Å²) in [6.45, 7) is 7.22. The third-order valence-electron chi connectivity index (χ3n) is 1.50. The number of amides is 1. The summed E-state index contributed by atoms with van der Waals surface area (Å²) in [5.41, 5.74) is -0.473. The molecule has 0 N–H and O–H groups in total. The van der Waals surface area contributed by atoms with Gasteiger partial charge in [-0.05, 0) is 27.7 Å².